The second kappa shape index (κ2) is 4.78. The predicted molar refractivity (Wildman–Crippen MR) is 58.1 cm³/mol. The van der Waals surface area contributed by atoms with Crippen LogP contribution in [-0.2, 0) is 5.92 Å². The summed E-state index contributed by atoms with van der Waals surface area (Å²) >= 11 is 0. The smallest absolute Gasteiger partial charge is 0.279 e. The molecule has 1 N–H and O–H groups in total. The molecular formula is C12H16F2O2. The molecule has 1 aromatic carbocycles. The Balaban J connectivity index is 3.30. The van der Waals surface area contributed by atoms with Crippen LogP contribution < -0.4 is 4.74 Å². The van der Waals surface area contributed by atoms with Crippen LogP contribution >= 0.6 is 0 Å². The molecule has 0 aliphatic rings. The van der Waals surface area contributed by atoms with Gasteiger partial charge in [-0.1, -0.05) is 11.6 Å². The van der Waals surface area contributed by atoms with Gasteiger partial charge in [0.1, 0.15) is 5.75 Å². The van der Waals surface area contributed by atoms with E-state index in [1.807, 2.05) is 0 Å². The van der Waals surface area contributed by atoms with Gasteiger partial charge in [0.2, 0.25) is 0 Å². The average molecular weight is 230 g/mol. The van der Waals surface area contributed by atoms with Crippen molar-refractivity contribution in [3.05, 3.63) is 28.8 Å². The molecule has 0 atom stereocenters. The van der Waals surface area contributed by atoms with E-state index in [0.717, 1.165) is 5.56 Å². The van der Waals surface area contributed by atoms with Gasteiger partial charge in [-0.3, -0.25) is 0 Å². The number of aliphatic hydroxyl groups excluding tert-OH is 1. The number of hydrogen-bond acceptors (Lipinski definition) is 2. The normalized spacial score (nSPS) is 11.6. The minimum Gasteiger partial charge on any atom is -0.496 e. The third-order valence-electron chi connectivity index (χ3n) is 2.44. The zero-order valence-corrected chi connectivity index (χ0v) is 9.68. The van der Waals surface area contributed by atoms with E-state index in [0.29, 0.717) is 5.56 Å². The zero-order valence-electron chi connectivity index (χ0n) is 9.68. The quantitative estimate of drug-likeness (QED) is 0.861. The first kappa shape index (κ1) is 12.9. The predicted octanol–water partition coefficient (Wildman–Crippen LogP) is 2.79. The molecule has 0 amide bonds. The van der Waals surface area contributed by atoms with Gasteiger partial charge in [-0.25, -0.2) is 8.78 Å². The van der Waals surface area contributed by atoms with Crippen LogP contribution in [0.2, 0.25) is 0 Å². The second-order valence-electron chi connectivity index (χ2n) is 3.84. The Hall–Kier alpha value is -1.16. The third-order valence-corrected chi connectivity index (χ3v) is 2.44. The molecule has 4 heteroatoms. The maximum Gasteiger partial charge on any atom is 0.279 e. The number of rotatable bonds is 4. The summed E-state index contributed by atoms with van der Waals surface area (Å²) in [4.78, 5) is 0. The Morgan fingerprint density at radius 2 is 1.94 bits per heavy atom. The number of aryl methyl sites for hydroxylation is 2. The van der Waals surface area contributed by atoms with Gasteiger partial charge in [-0.2, -0.15) is 0 Å². The van der Waals surface area contributed by atoms with E-state index in [9.17, 15) is 8.78 Å². The van der Waals surface area contributed by atoms with Crippen LogP contribution in [0.3, 0.4) is 0 Å². The van der Waals surface area contributed by atoms with Crippen LogP contribution in [0.15, 0.2) is 12.1 Å². The lowest BCUT2D eigenvalue weighted by Gasteiger charge is -2.20. The zero-order chi connectivity index (χ0) is 12.3. The van der Waals surface area contributed by atoms with E-state index in [4.69, 9.17) is 9.84 Å². The van der Waals surface area contributed by atoms with Crippen LogP contribution in [0.1, 0.15) is 23.1 Å². The molecule has 0 aliphatic carbocycles. The first-order valence-corrected chi connectivity index (χ1v) is 5.06. The highest BCUT2D eigenvalue weighted by Crippen LogP contribution is 2.39. The summed E-state index contributed by atoms with van der Waals surface area (Å²) < 4.78 is 32.4. The first-order chi connectivity index (χ1) is 7.42. The number of hydrogen-bond donors (Lipinski definition) is 1. The number of benzene rings is 1. The molecule has 1 rings (SSSR count). The standard InChI is InChI=1S/C12H16F2O2/c1-8-6-9(2)11(16-3)10(7-8)12(13,14)4-5-15/h6-7,15H,4-5H2,1-3H3. The Morgan fingerprint density at radius 3 is 2.44 bits per heavy atom. The Bertz CT molecular complexity index is 376. The molecule has 0 unspecified atom stereocenters. The molecule has 2 nitrogen and oxygen atoms in total. The van der Waals surface area contributed by atoms with E-state index >= 15 is 0 Å². The third kappa shape index (κ3) is 2.50. The van der Waals surface area contributed by atoms with Crippen molar-refractivity contribution in [2.45, 2.75) is 26.2 Å². The number of ether oxygens (including phenoxy) is 1. The van der Waals surface area contributed by atoms with Crippen molar-refractivity contribution in [1.82, 2.24) is 0 Å². The van der Waals surface area contributed by atoms with E-state index in [1.165, 1.54) is 13.2 Å². The van der Waals surface area contributed by atoms with Crippen LogP contribution in [0.4, 0.5) is 8.78 Å². The average Bonchev–Trinajstić information content (AvgIpc) is 2.16. The Kier molecular flexibility index (Phi) is 3.86. The van der Waals surface area contributed by atoms with Gasteiger partial charge < -0.3 is 9.84 Å². The lowest BCUT2D eigenvalue weighted by atomic mass is 9.99. The highest BCUT2D eigenvalue weighted by atomic mass is 19.3. The molecular weight excluding hydrogens is 214 g/mol. The Labute approximate surface area is 93.9 Å². The summed E-state index contributed by atoms with van der Waals surface area (Å²) in [6, 6.07) is 3.19. The van der Waals surface area contributed by atoms with Gasteiger partial charge in [0, 0.05) is 13.0 Å². The molecule has 1 aromatic rings. The fourth-order valence-electron chi connectivity index (χ4n) is 1.77. The highest BCUT2D eigenvalue weighted by molar-refractivity contribution is 5.46. The minimum atomic E-state index is -3.06. The molecule has 90 valence electrons. The van der Waals surface area contributed by atoms with Crippen molar-refractivity contribution in [2.24, 2.45) is 0 Å². The van der Waals surface area contributed by atoms with Gasteiger partial charge in [0.25, 0.3) is 5.92 Å². The summed E-state index contributed by atoms with van der Waals surface area (Å²) in [5.41, 5.74) is 1.28. The monoisotopic (exact) mass is 230 g/mol. The SMILES string of the molecule is COc1c(C)cc(C)cc1C(F)(F)CCO. The lowest BCUT2D eigenvalue weighted by molar-refractivity contribution is -0.0288. The van der Waals surface area contributed by atoms with Crippen molar-refractivity contribution in [3.63, 3.8) is 0 Å². The maximum absolute atomic E-state index is 13.7. The molecule has 0 bridgehead atoms. The fraction of sp³-hybridized carbons (Fsp3) is 0.500. The van der Waals surface area contributed by atoms with Crippen molar-refractivity contribution >= 4 is 0 Å². The van der Waals surface area contributed by atoms with Gasteiger partial charge >= 0.3 is 0 Å². The van der Waals surface area contributed by atoms with E-state index < -0.39 is 19.0 Å². The molecule has 0 saturated heterocycles. The van der Waals surface area contributed by atoms with Gasteiger partial charge in [-0.05, 0) is 25.5 Å². The lowest BCUT2D eigenvalue weighted by Crippen LogP contribution is -2.17. The topological polar surface area (TPSA) is 29.5 Å². The number of alkyl halides is 2. The summed E-state index contributed by atoms with van der Waals surface area (Å²) in [7, 11) is 1.37. The van der Waals surface area contributed by atoms with Crippen LogP contribution in [0.25, 0.3) is 0 Å². The molecule has 0 spiro atoms. The summed E-state index contributed by atoms with van der Waals surface area (Å²) in [5, 5.41) is 8.64. The van der Waals surface area contributed by atoms with Gasteiger partial charge in [0.05, 0.1) is 12.7 Å². The van der Waals surface area contributed by atoms with Crippen molar-refractivity contribution in [1.29, 1.82) is 0 Å². The fourth-order valence-corrected chi connectivity index (χ4v) is 1.77. The number of methoxy groups -OCH3 is 1. The molecule has 0 radical (unpaired) electrons. The molecule has 0 aromatic heterocycles. The summed E-state index contributed by atoms with van der Waals surface area (Å²) in [6.07, 6.45) is -0.591. The van der Waals surface area contributed by atoms with Crippen molar-refractivity contribution < 1.29 is 18.6 Å². The van der Waals surface area contributed by atoms with Gasteiger partial charge in [-0.15, -0.1) is 0 Å². The molecule has 0 fully saturated rings. The van der Waals surface area contributed by atoms with Crippen LogP contribution in [0.5, 0.6) is 5.75 Å². The molecule has 0 heterocycles. The molecule has 0 aliphatic heterocycles. The van der Waals surface area contributed by atoms with Crippen LogP contribution in [0, 0.1) is 13.8 Å². The highest BCUT2D eigenvalue weighted by Gasteiger charge is 2.34. The summed E-state index contributed by atoms with van der Waals surface area (Å²) in [6.45, 7) is 2.93. The minimum absolute atomic E-state index is 0.151. The maximum atomic E-state index is 13.7. The van der Waals surface area contributed by atoms with Crippen molar-refractivity contribution in [2.75, 3.05) is 13.7 Å². The summed E-state index contributed by atoms with van der Waals surface area (Å²) in [5.74, 6) is -2.86. The number of aliphatic hydroxyl groups is 1. The molecule has 0 saturated carbocycles. The van der Waals surface area contributed by atoms with Gasteiger partial charge in [0.15, 0.2) is 0 Å². The largest absolute Gasteiger partial charge is 0.496 e. The number of halogens is 2. The van der Waals surface area contributed by atoms with E-state index in [2.05, 4.69) is 0 Å². The van der Waals surface area contributed by atoms with Crippen molar-refractivity contribution in [3.8, 4) is 5.75 Å². The van der Waals surface area contributed by atoms with E-state index in [1.54, 1.807) is 19.9 Å². The molecule has 16 heavy (non-hydrogen) atoms. The second-order valence-corrected chi connectivity index (χ2v) is 3.84. The van der Waals surface area contributed by atoms with Crippen LogP contribution in [-0.4, -0.2) is 18.8 Å². The first-order valence-electron chi connectivity index (χ1n) is 5.06. The van der Waals surface area contributed by atoms with E-state index in [-0.39, 0.29) is 11.3 Å². The Morgan fingerprint density at radius 1 is 1.31 bits per heavy atom.